The molecule has 0 aromatic heterocycles. The number of ether oxygens (including phenoxy) is 2. The number of nitrogens with two attached hydrogens (primary N) is 1. The van der Waals surface area contributed by atoms with E-state index in [0.29, 0.717) is 17.1 Å². The Morgan fingerprint density at radius 3 is 2.70 bits per heavy atom. The van der Waals surface area contributed by atoms with E-state index < -0.39 is 0 Å². The molecule has 2 N–H and O–H groups in total. The maximum Gasteiger partial charge on any atom is 0.162 e. The van der Waals surface area contributed by atoms with Crippen LogP contribution in [0.3, 0.4) is 0 Å². The van der Waals surface area contributed by atoms with Gasteiger partial charge in [-0.3, -0.25) is 0 Å². The molecule has 2 rings (SSSR count). The Bertz CT molecular complexity index is 615. The van der Waals surface area contributed by atoms with Crippen molar-refractivity contribution in [2.75, 3.05) is 7.11 Å². The molecule has 0 fully saturated rings. The Morgan fingerprint density at radius 1 is 1.20 bits per heavy atom. The van der Waals surface area contributed by atoms with Gasteiger partial charge in [0.25, 0.3) is 0 Å². The number of halogens is 1. The zero-order valence-electron chi connectivity index (χ0n) is 11.0. The van der Waals surface area contributed by atoms with Crippen molar-refractivity contribution in [2.45, 2.75) is 6.61 Å². The Balaban J connectivity index is 2.19. The summed E-state index contributed by atoms with van der Waals surface area (Å²) in [5.74, 6) is 5.89. The minimum atomic E-state index is -0.300. The monoisotopic (exact) mass is 274 g/mol. The third kappa shape index (κ3) is 3.26. The average molecular weight is 274 g/mol. The Labute approximate surface area is 116 Å². The van der Waals surface area contributed by atoms with Crippen molar-refractivity contribution < 1.29 is 13.9 Å². The van der Waals surface area contributed by atoms with Gasteiger partial charge >= 0.3 is 0 Å². The second-order valence-corrected chi connectivity index (χ2v) is 4.07. The van der Waals surface area contributed by atoms with Gasteiger partial charge in [0.2, 0.25) is 0 Å². The van der Waals surface area contributed by atoms with Crippen molar-refractivity contribution in [3.8, 4) is 11.5 Å². The smallest absolute Gasteiger partial charge is 0.162 e. The largest absolute Gasteiger partial charge is 0.493 e. The quantitative estimate of drug-likeness (QED) is 0.518. The summed E-state index contributed by atoms with van der Waals surface area (Å²) in [5.41, 5.74) is 1.25. The molecule has 0 unspecified atom stereocenters. The predicted molar refractivity (Wildman–Crippen MR) is 75.5 cm³/mol. The lowest BCUT2D eigenvalue weighted by atomic mass is 10.2. The molecule has 0 aliphatic rings. The average Bonchev–Trinajstić information content (AvgIpc) is 2.47. The summed E-state index contributed by atoms with van der Waals surface area (Å²) >= 11 is 0. The van der Waals surface area contributed by atoms with E-state index in [0.717, 1.165) is 5.56 Å². The van der Waals surface area contributed by atoms with E-state index >= 15 is 0 Å². The maximum absolute atomic E-state index is 13.5. The van der Waals surface area contributed by atoms with Crippen LogP contribution in [0, 0.1) is 5.82 Å². The van der Waals surface area contributed by atoms with E-state index in [-0.39, 0.29) is 12.4 Å². The molecular weight excluding hydrogens is 259 g/mol. The van der Waals surface area contributed by atoms with Crippen LogP contribution in [0.2, 0.25) is 0 Å². The topological polar surface area (TPSA) is 56.8 Å². The Hall–Kier alpha value is -2.56. The molecule has 104 valence electrons. The SMILES string of the molecule is COc1ccc(C=NN)cc1OCc1ccccc1F. The fourth-order valence-electron chi connectivity index (χ4n) is 1.74. The second-order valence-electron chi connectivity index (χ2n) is 4.07. The van der Waals surface area contributed by atoms with Crippen LogP contribution in [-0.2, 0) is 6.61 Å². The third-order valence-corrected chi connectivity index (χ3v) is 2.75. The molecule has 0 aliphatic heterocycles. The molecule has 2 aromatic carbocycles. The van der Waals surface area contributed by atoms with Crippen LogP contribution in [0.4, 0.5) is 4.39 Å². The van der Waals surface area contributed by atoms with Crippen LogP contribution in [0.25, 0.3) is 0 Å². The van der Waals surface area contributed by atoms with Crippen molar-refractivity contribution in [2.24, 2.45) is 10.9 Å². The van der Waals surface area contributed by atoms with Gasteiger partial charge in [0, 0.05) is 5.56 Å². The molecule has 0 spiro atoms. The summed E-state index contributed by atoms with van der Waals surface area (Å²) in [6.45, 7) is 0.117. The second kappa shape index (κ2) is 6.56. The van der Waals surface area contributed by atoms with E-state index in [1.165, 1.54) is 12.3 Å². The molecular formula is C15H15FN2O2. The van der Waals surface area contributed by atoms with E-state index in [1.54, 1.807) is 43.5 Å². The molecule has 0 radical (unpaired) electrons. The number of hydrazone groups is 1. The van der Waals surface area contributed by atoms with Gasteiger partial charge in [-0.2, -0.15) is 5.10 Å². The number of hydrogen-bond donors (Lipinski definition) is 1. The lowest BCUT2D eigenvalue weighted by Gasteiger charge is -2.11. The van der Waals surface area contributed by atoms with Crippen LogP contribution in [-0.4, -0.2) is 13.3 Å². The standard InChI is InChI=1S/C15H15FN2O2/c1-19-14-7-6-11(9-18-17)8-15(14)20-10-12-4-2-3-5-13(12)16/h2-9H,10,17H2,1H3. The first kappa shape index (κ1) is 13.9. The fraction of sp³-hybridized carbons (Fsp3) is 0.133. The van der Waals surface area contributed by atoms with E-state index in [1.807, 2.05) is 0 Å². The first-order valence-electron chi connectivity index (χ1n) is 6.02. The number of rotatable bonds is 5. The Kier molecular flexibility index (Phi) is 4.55. The van der Waals surface area contributed by atoms with Gasteiger partial charge in [-0.15, -0.1) is 0 Å². The molecule has 0 saturated carbocycles. The highest BCUT2D eigenvalue weighted by Gasteiger charge is 2.07. The highest BCUT2D eigenvalue weighted by Crippen LogP contribution is 2.28. The highest BCUT2D eigenvalue weighted by atomic mass is 19.1. The van der Waals surface area contributed by atoms with E-state index in [2.05, 4.69) is 5.10 Å². The minimum absolute atomic E-state index is 0.117. The summed E-state index contributed by atoms with van der Waals surface area (Å²) in [5, 5.41) is 3.45. The van der Waals surface area contributed by atoms with Crippen molar-refractivity contribution >= 4 is 6.21 Å². The molecule has 0 aliphatic carbocycles. The fourth-order valence-corrected chi connectivity index (χ4v) is 1.74. The van der Waals surface area contributed by atoms with Gasteiger partial charge < -0.3 is 15.3 Å². The van der Waals surface area contributed by atoms with Crippen LogP contribution < -0.4 is 15.3 Å². The van der Waals surface area contributed by atoms with Gasteiger partial charge in [0.1, 0.15) is 12.4 Å². The number of hydrogen-bond acceptors (Lipinski definition) is 4. The van der Waals surface area contributed by atoms with Crippen LogP contribution in [0.15, 0.2) is 47.6 Å². The van der Waals surface area contributed by atoms with Gasteiger partial charge in [0.15, 0.2) is 11.5 Å². The summed E-state index contributed by atoms with van der Waals surface area (Å²) in [6, 6.07) is 11.7. The molecule has 0 heterocycles. The minimum Gasteiger partial charge on any atom is -0.493 e. The van der Waals surface area contributed by atoms with E-state index in [4.69, 9.17) is 15.3 Å². The third-order valence-electron chi connectivity index (χ3n) is 2.75. The first-order chi connectivity index (χ1) is 9.74. The summed E-state index contributed by atoms with van der Waals surface area (Å²) in [4.78, 5) is 0. The lowest BCUT2D eigenvalue weighted by molar-refractivity contribution is 0.279. The zero-order chi connectivity index (χ0) is 14.4. The summed E-state index contributed by atoms with van der Waals surface area (Å²) < 4.78 is 24.3. The maximum atomic E-state index is 13.5. The molecule has 5 heteroatoms. The Morgan fingerprint density at radius 2 is 2.00 bits per heavy atom. The zero-order valence-corrected chi connectivity index (χ0v) is 11.0. The van der Waals surface area contributed by atoms with Gasteiger partial charge in [0.05, 0.1) is 13.3 Å². The van der Waals surface area contributed by atoms with Gasteiger partial charge in [-0.25, -0.2) is 4.39 Å². The van der Waals surface area contributed by atoms with E-state index in [9.17, 15) is 4.39 Å². The molecule has 0 bridgehead atoms. The summed E-state index contributed by atoms with van der Waals surface area (Å²) in [6.07, 6.45) is 1.50. The molecule has 4 nitrogen and oxygen atoms in total. The number of nitrogens with zero attached hydrogens (tertiary/aromatic N) is 1. The van der Waals surface area contributed by atoms with Crippen molar-refractivity contribution in [3.05, 3.63) is 59.4 Å². The van der Waals surface area contributed by atoms with Gasteiger partial charge in [-0.05, 0) is 29.8 Å². The highest BCUT2D eigenvalue weighted by molar-refractivity contribution is 5.80. The van der Waals surface area contributed by atoms with Crippen molar-refractivity contribution in [1.82, 2.24) is 0 Å². The molecule has 20 heavy (non-hydrogen) atoms. The lowest BCUT2D eigenvalue weighted by Crippen LogP contribution is -2.00. The molecule has 2 aromatic rings. The van der Waals surface area contributed by atoms with Crippen LogP contribution in [0.5, 0.6) is 11.5 Å². The van der Waals surface area contributed by atoms with Gasteiger partial charge in [-0.1, -0.05) is 18.2 Å². The number of benzene rings is 2. The first-order valence-corrected chi connectivity index (χ1v) is 6.02. The number of methoxy groups -OCH3 is 1. The van der Waals surface area contributed by atoms with Crippen LogP contribution in [0.1, 0.15) is 11.1 Å². The van der Waals surface area contributed by atoms with Crippen molar-refractivity contribution in [1.29, 1.82) is 0 Å². The molecule has 0 amide bonds. The predicted octanol–water partition coefficient (Wildman–Crippen LogP) is 2.71. The van der Waals surface area contributed by atoms with Crippen molar-refractivity contribution in [3.63, 3.8) is 0 Å². The van der Waals surface area contributed by atoms with Crippen LogP contribution >= 0.6 is 0 Å². The summed E-state index contributed by atoms with van der Waals surface area (Å²) in [7, 11) is 1.54. The molecule has 0 saturated heterocycles. The molecule has 0 atom stereocenters. The normalized spacial score (nSPS) is 10.7.